The minimum absolute atomic E-state index is 0.0223. The van der Waals surface area contributed by atoms with Crippen LogP contribution < -0.4 is 5.32 Å². The van der Waals surface area contributed by atoms with Crippen LogP contribution in [0.4, 0.5) is 5.69 Å². The number of hydrogen-bond acceptors (Lipinski definition) is 6. The van der Waals surface area contributed by atoms with Gasteiger partial charge >= 0.3 is 5.97 Å². The Kier molecular flexibility index (Phi) is 9.18. The molecule has 2 rings (SSSR count). The molecule has 1 saturated heterocycles. The van der Waals surface area contributed by atoms with Gasteiger partial charge in [-0.3, -0.25) is 19.5 Å². The maximum atomic E-state index is 12.8. The van der Waals surface area contributed by atoms with E-state index < -0.39 is 11.2 Å². The van der Waals surface area contributed by atoms with Crippen LogP contribution in [0.25, 0.3) is 0 Å². The average molecular weight is 420 g/mol. The number of amidine groups is 1. The zero-order valence-corrected chi connectivity index (χ0v) is 18.1. The number of hydrogen-bond donors (Lipinski definition) is 1. The number of unbranched alkanes of at least 4 members (excludes halogenated alkanes) is 2. The summed E-state index contributed by atoms with van der Waals surface area (Å²) in [7, 11) is 1.29. The van der Waals surface area contributed by atoms with Crippen molar-refractivity contribution in [1.82, 2.24) is 4.90 Å². The Balaban J connectivity index is 2.07. The van der Waals surface area contributed by atoms with Gasteiger partial charge in [-0.25, -0.2) is 4.79 Å². The van der Waals surface area contributed by atoms with Crippen molar-refractivity contribution in [2.24, 2.45) is 4.99 Å². The van der Waals surface area contributed by atoms with Crippen LogP contribution >= 0.6 is 11.8 Å². The molecule has 2 amide bonds. The van der Waals surface area contributed by atoms with Gasteiger partial charge in [0.1, 0.15) is 5.25 Å². The molecule has 1 aromatic rings. The number of thioether (sulfide) groups is 1. The molecule has 1 aliphatic heterocycles. The van der Waals surface area contributed by atoms with E-state index in [9.17, 15) is 14.4 Å². The number of ether oxygens (including phenoxy) is 1. The van der Waals surface area contributed by atoms with Gasteiger partial charge in [-0.1, -0.05) is 50.6 Å². The molecule has 0 aliphatic carbocycles. The first kappa shape index (κ1) is 22.9. The molecular weight excluding hydrogens is 390 g/mol. The number of amides is 2. The van der Waals surface area contributed by atoms with Crippen molar-refractivity contribution in [1.29, 1.82) is 0 Å². The van der Waals surface area contributed by atoms with Gasteiger partial charge in [0.2, 0.25) is 11.8 Å². The lowest BCUT2D eigenvalue weighted by molar-refractivity contribution is -0.128. The van der Waals surface area contributed by atoms with Gasteiger partial charge in [-0.05, 0) is 25.0 Å². The molecule has 0 saturated carbocycles. The summed E-state index contributed by atoms with van der Waals surface area (Å²) in [4.78, 5) is 43.6. The monoisotopic (exact) mass is 419 g/mol. The third kappa shape index (κ3) is 6.32. The van der Waals surface area contributed by atoms with Crippen LogP contribution in [0.15, 0.2) is 29.3 Å². The Labute approximate surface area is 176 Å². The lowest BCUT2D eigenvalue weighted by Gasteiger charge is -2.16. The summed E-state index contributed by atoms with van der Waals surface area (Å²) in [5.74, 6) is -0.921. The van der Waals surface area contributed by atoms with E-state index in [2.05, 4.69) is 24.2 Å². The lowest BCUT2D eigenvalue weighted by atomic mass is 10.1. The second-order valence-electron chi connectivity index (χ2n) is 6.76. The minimum atomic E-state index is -0.525. The number of esters is 1. The van der Waals surface area contributed by atoms with E-state index in [4.69, 9.17) is 4.74 Å². The third-order valence-electron chi connectivity index (χ3n) is 4.49. The summed E-state index contributed by atoms with van der Waals surface area (Å²) in [5.41, 5.74) is 0.652. The number of methoxy groups -OCH3 is 1. The number of carbonyl (C=O) groups is 3. The molecule has 8 heteroatoms. The number of carbonyl (C=O) groups excluding carboxylic acids is 3. The fourth-order valence-corrected chi connectivity index (χ4v) is 4.06. The zero-order chi connectivity index (χ0) is 21.2. The summed E-state index contributed by atoms with van der Waals surface area (Å²) >= 11 is 1.36. The van der Waals surface area contributed by atoms with E-state index >= 15 is 0 Å². The highest BCUT2D eigenvalue weighted by Crippen LogP contribution is 2.30. The molecule has 7 nitrogen and oxygen atoms in total. The van der Waals surface area contributed by atoms with Crippen molar-refractivity contribution >= 4 is 40.4 Å². The highest BCUT2D eigenvalue weighted by atomic mass is 32.2. The molecule has 0 radical (unpaired) electrons. The maximum absolute atomic E-state index is 12.8. The second kappa shape index (κ2) is 11.6. The standard InChI is InChI=1S/C21H29N3O4S/c1-4-6-12-22-21-24(13-7-5-2)19(26)17(29-21)14-18(25)23-16-11-9-8-10-15(16)20(27)28-3/h8-11,17H,4-7,12-14H2,1-3H3,(H,23,25). The summed E-state index contributed by atoms with van der Waals surface area (Å²) in [5, 5.41) is 2.94. The summed E-state index contributed by atoms with van der Waals surface area (Å²) in [6.45, 7) is 5.48. The van der Waals surface area contributed by atoms with Crippen molar-refractivity contribution in [3.63, 3.8) is 0 Å². The summed E-state index contributed by atoms with van der Waals surface area (Å²) in [6, 6.07) is 6.65. The average Bonchev–Trinajstić information content (AvgIpc) is 3.00. The van der Waals surface area contributed by atoms with E-state index in [1.165, 1.54) is 18.9 Å². The van der Waals surface area contributed by atoms with Crippen LogP contribution in [-0.4, -0.2) is 53.3 Å². The minimum Gasteiger partial charge on any atom is -0.465 e. The first-order valence-electron chi connectivity index (χ1n) is 10.0. The van der Waals surface area contributed by atoms with Gasteiger partial charge in [-0.2, -0.15) is 0 Å². The molecule has 158 valence electrons. The molecule has 1 N–H and O–H groups in total. The predicted molar refractivity (Wildman–Crippen MR) is 116 cm³/mol. The highest BCUT2D eigenvalue weighted by molar-refractivity contribution is 8.15. The van der Waals surface area contributed by atoms with Crippen molar-refractivity contribution in [3.05, 3.63) is 29.8 Å². The van der Waals surface area contributed by atoms with Gasteiger partial charge in [0.05, 0.1) is 18.4 Å². The first-order valence-corrected chi connectivity index (χ1v) is 10.9. The van der Waals surface area contributed by atoms with Crippen molar-refractivity contribution < 1.29 is 19.1 Å². The molecule has 1 atom stereocenters. The van der Waals surface area contributed by atoms with Crippen LogP contribution in [0.1, 0.15) is 56.3 Å². The largest absolute Gasteiger partial charge is 0.465 e. The SMILES string of the molecule is CCCCN=C1SC(CC(=O)Nc2ccccc2C(=O)OC)C(=O)N1CCCC. The van der Waals surface area contributed by atoms with Crippen LogP contribution in [0, 0.1) is 0 Å². The quantitative estimate of drug-likeness (QED) is 0.461. The normalized spacial score (nSPS) is 17.6. The molecule has 0 bridgehead atoms. The van der Waals surface area contributed by atoms with Gasteiger partial charge in [-0.15, -0.1) is 0 Å². The number of nitrogens with one attached hydrogen (secondary N) is 1. The molecule has 1 heterocycles. The second-order valence-corrected chi connectivity index (χ2v) is 7.93. The van der Waals surface area contributed by atoms with Crippen LogP contribution in [0.5, 0.6) is 0 Å². The molecule has 1 aliphatic rings. The highest BCUT2D eigenvalue weighted by Gasteiger charge is 2.38. The number of para-hydroxylation sites is 1. The Morgan fingerprint density at radius 1 is 1.21 bits per heavy atom. The van der Waals surface area contributed by atoms with E-state index in [1.54, 1.807) is 29.2 Å². The smallest absolute Gasteiger partial charge is 0.339 e. The Morgan fingerprint density at radius 2 is 1.93 bits per heavy atom. The Hall–Kier alpha value is -2.35. The van der Waals surface area contributed by atoms with Gasteiger partial charge < -0.3 is 10.1 Å². The molecule has 0 spiro atoms. The Morgan fingerprint density at radius 3 is 2.62 bits per heavy atom. The van der Waals surface area contributed by atoms with Crippen molar-refractivity contribution in [3.8, 4) is 0 Å². The number of aliphatic imine (C=N–C) groups is 1. The first-order chi connectivity index (χ1) is 14.0. The fraction of sp³-hybridized carbons (Fsp3) is 0.524. The van der Waals surface area contributed by atoms with Crippen LogP contribution in [0.2, 0.25) is 0 Å². The zero-order valence-electron chi connectivity index (χ0n) is 17.3. The molecule has 29 heavy (non-hydrogen) atoms. The van der Waals surface area contributed by atoms with Gasteiger partial charge in [0.15, 0.2) is 5.17 Å². The van der Waals surface area contributed by atoms with E-state index in [-0.39, 0.29) is 23.8 Å². The van der Waals surface area contributed by atoms with Crippen molar-refractivity contribution in [2.75, 3.05) is 25.5 Å². The summed E-state index contributed by atoms with van der Waals surface area (Å²) < 4.78 is 4.75. The van der Waals surface area contributed by atoms with Crippen LogP contribution in [-0.2, 0) is 14.3 Å². The molecule has 1 aromatic carbocycles. The molecule has 1 unspecified atom stereocenters. The lowest BCUT2D eigenvalue weighted by Crippen LogP contribution is -2.34. The number of anilines is 1. The molecule has 0 aromatic heterocycles. The van der Waals surface area contributed by atoms with Crippen LogP contribution in [0.3, 0.4) is 0 Å². The number of nitrogens with zero attached hydrogens (tertiary/aromatic N) is 2. The number of benzene rings is 1. The number of rotatable bonds is 10. The van der Waals surface area contributed by atoms with Gasteiger partial charge in [0, 0.05) is 19.5 Å². The van der Waals surface area contributed by atoms with E-state index in [1.807, 2.05) is 0 Å². The van der Waals surface area contributed by atoms with Crippen molar-refractivity contribution in [2.45, 2.75) is 51.2 Å². The van der Waals surface area contributed by atoms with Gasteiger partial charge in [0.25, 0.3) is 0 Å². The summed E-state index contributed by atoms with van der Waals surface area (Å²) in [6.07, 6.45) is 3.90. The van der Waals surface area contributed by atoms with E-state index in [0.717, 1.165) is 25.7 Å². The molecule has 1 fully saturated rings. The third-order valence-corrected chi connectivity index (χ3v) is 5.70. The van der Waals surface area contributed by atoms with E-state index in [0.29, 0.717) is 23.9 Å². The topological polar surface area (TPSA) is 88.1 Å². The molecular formula is C21H29N3O4S. The Bertz CT molecular complexity index is 766. The maximum Gasteiger partial charge on any atom is 0.339 e. The fourth-order valence-electron chi connectivity index (χ4n) is 2.87. The predicted octanol–water partition coefficient (Wildman–Crippen LogP) is 3.70.